The van der Waals surface area contributed by atoms with E-state index in [0.717, 1.165) is 28.0 Å². The smallest absolute Gasteiger partial charge is 0.187 e. The minimum Gasteiger partial charge on any atom is -0.309 e. The molecular weight excluding hydrogens is 498 g/mol. The fraction of sp³-hybridized carbons (Fsp3) is 0.0263. The highest BCUT2D eigenvalue weighted by Gasteiger charge is 2.18. The van der Waals surface area contributed by atoms with Gasteiger partial charge in [0.1, 0.15) is 0 Å². The van der Waals surface area contributed by atoms with Crippen molar-refractivity contribution in [3.8, 4) is 22.5 Å². The van der Waals surface area contributed by atoms with Crippen LogP contribution in [0.15, 0.2) is 133 Å². The summed E-state index contributed by atoms with van der Waals surface area (Å²) < 4.78 is 4.70. The molecule has 0 aliphatic heterocycles. The second kappa shape index (κ2) is 8.98. The molecule has 0 bridgehead atoms. The highest BCUT2D eigenvalue weighted by molar-refractivity contribution is 6.17. The summed E-state index contributed by atoms with van der Waals surface area (Å²) in [6, 6.07) is 47.4. The summed E-state index contributed by atoms with van der Waals surface area (Å²) in [5.41, 5.74) is 11.2. The number of hydrogen-bond donors (Lipinski definition) is 0. The molecule has 3 nitrogen and oxygen atoms in total. The van der Waals surface area contributed by atoms with Crippen LogP contribution in [-0.4, -0.2) is 9.13 Å². The Labute approximate surface area is 238 Å². The van der Waals surface area contributed by atoms with E-state index >= 15 is 0 Å². The van der Waals surface area contributed by atoms with Gasteiger partial charge in [-0.25, -0.2) is 4.85 Å². The summed E-state index contributed by atoms with van der Waals surface area (Å²) in [4.78, 5) is 3.64. The minimum atomic E-state index is 0.663. The maximum Gasteiger partial charge on any atom is 0.187 e. The number of aryl methyl sites for hydroxylation is 1. The van der Waals surface area contributed by atoms with E-state index in [4.69, 9.17) is 6.57 Å². The third kappa shape index (κ3) is 3.45. The number of benzene rings is 6. The number of nitrogens with zero attached hydrogens (tertiary/aromatic N) is 3. The lowest BCUT2D eigenvalue weighted by molar-refractivity contribution is 1.15. The largest absolute Gasteiger partial charge is 0.309 e. The molecule has 8 rings (SSSR count). The number of para-hydroxylation sites is 3. The van der Waals surface area contributed by atoms with Gasteiger partial charge in [-0.15, -0.1) is 0 Å². The normalized spacial score (nSPS) is 11.5. The third-order valence-electron chi connectivity index (χ3n) is 8.25. The van der Waals surface area contributed by atoms with Gasteiger partial charge in [-0.05, 0) is 72.1 Å². The molecule has 0 atom stereocenters. The standard InChI is InChI=1S/C38H25N3/c1-25-23-27(39-2)20-22-33(25)41-35-17-9-7-14-31(35)38-29(15-10-18-37(38)41)26-19-21-36-32(24-26)30-13-6-8-16-34(30)40(36)28-11-4-3-5-12-28/h3-24H,1H3. The molecular formula is C38H25N3. The van der Waals surface area contributed by atoms with E-state index in [1.807, 2.05) is 12.1 Å². The molecule has 2 aromatic heterocycles. The van der Waals surface area contributed by atoms with Crippen molar-refractivity contribution in [3.63, 3.8) is 0 Å². The van der Waals surface area contributed by atoms with Gasteiger partial charge in [0, 0.05) is 32.9 Å². The van der Waals surface area contributed by atoms with E-state index in [1.54, 1.807) is 0 Å². The molecule has 0 saturated carbocycles. The predicted octanol–water partition coefficient (Wildman–Crippen LogP) is 10.4. The Balaban J connectivity index is 1.42. The van der Waals surface area contributed by atoms with Gasteiger partial charge in [0.2, 0.25) is 0 Å². The van der Waals surface area contributed by atoms with Crippen LogP contribution >= 0.6 is 0 Å². The molecule has 0 aliphatic carbocycles. The summed E-state index contributed by atoms with van der Waals surface area (Å²) in [5, 5.41) is 4.95. The minimum absolute atomic E-state index is 0.663. The maximum absolute atomic E-state index is 7.45. The Hall–Kier alpha value is -5.59. The number of hydrogen-bond acceptors (Lipinski definition) is 0. The summed E-state index contributed by atoms with van der Waals surface area (Å²) in [7, 11) is 0. The molecule has 0 amide bonds. The fourth-order valence-electron chi connectivity index (χ4n) is 6.48. The molecule has 0 fully saturated rings. The Morgan fingerprint density at radius 2 is 1.22 bits per heavy atom. The average molecular weight is 524 g/mol. The molecule has 0 N–H and O–H groups in total. The molecule has 0 unspecified atom stereocenters. The van der Waals surface area contributed by atoms with Crippen molar-refractivity contribution < 1.29 is 0 Å². The number of rotatable bonds is 3. The predicted molar refractivity (Wildman–Crippen MR) is 172 cm³/mol. The van der Waals surface area contributed by atoms with E-state index < -0.39 is 0 Å². The van der Waals surface area contributed by atoms with Crippen molar-refractivity contribution in [2.24, 2.45) is 0 Å². The first kappa shape index (κ1) is 23.3. The molecule has 0 aliphatic rings. The summed E-state index contributed by atoms with van der Waals surface area (Å²) in [5.74, 6) is 0. The molecule has 2 heterocycles. The number of aromatic nitrogens is 2. The summed E-state index contributed by atoms with van der Waals surface area (Å²) in [6.45, 7) is 9.53. The Kier molecular flexibility index (Phi) is 5.10. The van der Waals surface area contributed by atoms with Gasteiger partial charge in [0.15, 0.2) is 5.69 Å². The third-order valence-corrected chi connectivity index (χ3v) is 8.25. The maximum atomic E-state index is 7.45. The van der Waals surface area contributed by atoms with Gasteiger partial charge in [0.25, 0.3) is 0 Å². The van der Waals surface area contributed by atoms with Crippen LogP contribution in [0.25, 0.3) is 71.0 Å². The van der Waals surface area contributed by atoms with Crippen LogP contribution in [0.2, 0.25) is 0 Å². The first-order chi connectivity index (χ1) is 20.2. The first-order valence-corrected chi connectivity index (χ1v) is 13.8. The Morgan fingerprint density at radius 3 is 2.00 bits per heavy atom. The van der Waals surface area contributed by atoms with Gasteiger partial charge in [-0.3, -0.25) is 0 Å². The molecule has 0 saturated heterocycles. The Bertz CT molecular complexity index is 2330. The quantitative estimate of drug-likeness (QED) is 0.205. The van der Waals surface area contributed by atoms with Gasteiger partial charge >= 0.3 is 0 Å². The highest BCUT2D eigenvalue weighted by atomic mass is 15.0. The van der Waals surface area contributed by atoms with Crippen LogP contribution in [0.3, 0.4) is 0 Å². The van der Waals surface area contributed by atoms with Crippen LogP contribution in [0.4, 0.5) is 5.69 Å². The van der Waals surface area contributed by atoms with E-state index in [1.165, 1.54) is 43.7 Å². The van der Waals surface area contributed by atoms with Crippen molar-refractivity contribution >= 4 is 49.3 Å². The van der Waals surface area contributed by atoms with Gasteiger partial charge in [0.05, 0.1) is 28.6 Å². The van der Waals surface area contributed by atoms with Gasteiger partial charge in [-0.1, -0.05) is 84.9 Å². The van der Waals surface area contributed by atoms with Crippen LogP contribution in [-0.2, 0) is 0 Å². The van der Waals surface area contributed by atoms with Gasteiger partial charge < -0.3 is 9.13 Å². The van der Waals surface area contributed by atoms with Crippen LogP contribution < -0.4 is 0 Å². The molecule has 6 aromatic carbocycles. The lowest BCUT2D eigenvalue weighted by atomic mass is 9.98. The molecule has 8 aromatic rings. The summed E-state index contributed by atoms with van der Waals surface area (Å²) in [6.07, 6.45) is 0. The number of fused-ring (bicyclic) bond motifs is 6. The molecule has 192 valence electrons. The van der Waals surface area contributed by atoms with E-state index in [9.17, 15) is 0 Å². The highest BCUT2D eigenvalue weighted by Crippen LogP contribution is 2.41. The van der Waals surface area contributed by atoms with Crippen molar-refractivity contribution in [2.45, 2.75) is 6.92 Å². The second-order valence-electron chi connectivity index (χ2n) is 10.6. The zero-order chi connectivity index (χ0) is 27.5. The fourth-order valence-corrected chi connectivity index (χ4v) is 6.48. The molecule has 41 heavy (non-hydrogen) atoms. The lowest BCUT2D eigenvalue weighted by Gasteiger charge is -2.12. The monoisotopic (exact) mass is 523 g/mol. The molecule has 0 radical (unpaired) electrons. The Morgan fingerprint density at radius 1 is 0.537 bits per heavy atom. The van der Waals surface area contributed by atoms with Gasteiger partial charge in [-0.2, -0.15) is 0 Å². The molecule has 0 spiro atoms. The van der Waals surface area contributed by atoms with Crippen LogP contribution in [0.1, 0.15) is 5.56 Å². The zero-order valence-corrected chi connectivity index (χ0v) is 22.5. The molecule has 3 heteroatoms. The van der Waals surface area contributed by atoms with Crippen molar-refractivity contribution in [3.05, 3.63) is 150 Å². The average Bonchev–Trinajstić information content (AvgIpc) is 3.54. The van der Waals surface area contributed by atoms with E-state index in [-0.39, 0.29) is 0 Å². The zero-order valence-electron chi connectivity index (χ0n) is 22.5. The van der Waals surface area contributed by atoms with E-state index in [0.29, 0.717) is 5.69 Å². The van der Waals surface area contributed by atoms with Crippen molar-refractivity contribution in [1.82, 2.24) is 9.13 Å². The first-order valence-electron chi connectivity index (χ1n) is 13.8. The van der Waals surface area contributed by atoms with Crippen molar-refractivity contribution in [2.75, 3.05) is 0 Å². The topological polar surface area (TPSA) is 14.2 Å². The lowest BCUT2D eigenvalue weighted by Crippen LogP contribution is -1.96. The SMILES string of the molecule is [C-]#[N+]c1ccc(-n2c3ccccc3c3c(-c4ccc5c(c4)c4ccccc4n5-c4ccccc4)cccc32)c(C)c1. The van der Waals surface area contributed by atoms with E-state index in [2.05, 4.69) is 142 Å². The van der Waals surface area contributed by atoms with Crippen LogP contribution in [0.5, 0.6) is 0 Å². The summed E-state index contributed by atoms with van der Waals surface area (Å²) >= 11 is 0. The second-order valence-corrected chi connectivity index (χ2v) is 10.6. The van der Waals surface area contributed by atoms with Crippen LogP contribution in [0, 0.1) is 13.5 Å². The van der Waals surface area contributed by atoms with Crippen molar-refractivity contribution in [1.29, 1.82) is 0 Å².